The van der Waals surface area contributed by atoms with Gasteiger partial charge in [0.15, 0.2) is 0 Å². The molecule has 0 saturated heterocycles. The Kier molecular flexibility index (Phi) is 4.95. The van der Waals surface area contributed by atoms with Gasteiger partial charge in [-0.25, -0.2) is 4.79 Å². The first-order valence-electron chi connectivity index (χ1n) is 8.06. The molecule has 0 spiro atoms. The number of allylic oxidation sites excluding steroid dienone is 2. The molecule has 1 heterocycles. The summed E-state index contributed by atoms with van der Waals surface area (Å²) in [6.07, 6.45) is 5.30. The van der Waals surface area contributed by atoms with E-state index < -0.39 is 5.97 Å². The topological polar surface area (TPSA) is 70.9 Å². The van der Waals surface area contributed by atoms with E-state index in [2.05, 4.69) is 10.3 Å². The molecule has 1 aromatic carbocycles. The van der Waals surface area contributed by atoms with Crippen molar-refractivity contribution in [3.05, 3.63) is 58.3 Å². The Morgan fingerprint density at radius 3 is 2.96 bits per heavy atom. The SMILES string of the molecule is CCOC(=O)C1=C(Nc2cccc(O)c2)C2C=CC(Cl)=C(C)C2N=C1. The first kappa shape index (κ1) is 17.3. The fourth-order valence-corrected chi connectivity index (χ4v) is 3.14. The molecule has 0 aromatic heterocycles. The number of fused-ring (bicyclic) bond motifs is 1. The van der Waals surface area contributed by atoms with Gasteiger partial charge in [-0.05, 0) is 37.6 Å². The van der Waals surface area contributed by atoms with Gasteiger partial charge < -0.3 is 15.2 Å². The molecule has 0 bridgehead atoms. The molecule has 0 saturated carbocycles. The van der Waals surface area contributed by atoms with E-state index in [0.29, 0.717) is 22.0 Å². The fraction of sp³-hybridized carbons (Fsp3) is 0.263. The maximum absolute atomic E-state index is 12.4. The number of phenols is 1. The molecule has 1 aliphatic heterocycles. The van der Waals surface area contributed by atoms with Crippen LogP contribution in [0.25, 0.3) is 0 Å². The summed E-state index contributed by atoms with van der Waals surface area (Å²) in [5, 5.41) is 13.6. The molecule has 2 N–H and O–H groups in total. The van der Waals surface area contributed by atoms with Crippen LogP contribution in [0.2, 0.25) is 0 Å². The van der Waals surface area contributed by atoms with Crippen LogP contribution < -0.4 is 5.32 Å². The summed E-state index contributed by atoms with van der Waals surface area (Å²) in [7, 11) is 0. The van der Waals surface area contributed by atoms with E-state index in [9.17, 15) is 9.90 Å². The number of aliphatic imine (C=N–C) groups is 1. The predicted molar refractivity (Wildman–Crippen MR) is 98.9 cm³/mol. The molecule has 6 heteroatoms. The second kappa shape index (κ2) is 7.15. The van der Waals surface area contributed by atoms with E-state index in [1.54, 1.807) is 25.1 Å². The van der Waals surface area contributed by atoms with Crippen molar-refractivity contribution in [3.8, 4) is 5.75 Å². The van der Waals surface area contributed by atoms with Gasteiger partial charge in [-0.15, -0.1) is 0 Å². The number of dihydropyridines is 1. The summed E-state index contributed by atoms with van der Waals surface area (Å²) < 4.78 is 5.16. The van der Waals surface area contributed by atoms with Crippen molar-refractivity contribution in [2.75, 3.05) is 11.9 Å². The van der Waals surface area contributed by atoms with Crippen LogP contribution in [0, 0.1) is 5.92 Å². The van der Waals surface area contributed by atoms with Crippen molar-refractivity contribution in [3.63, 3.8) is 0 Å². The number of nitrogens with one attached hydrogen (secondary N) is 1. The number of carbonyl (C=O) groups is 1. The molecule has 1 aliphatic carbocycles. The van der Waals surface area contributed by atoms with E-state index >= 15 is 0 Å². The Labute approximate surface area is 151 Å². The smallest absolute Gasteiger partial charge is 0.341 e. The summed E-state index contributed by atoms with van der Waals surface area (Å²) in [5.74, 6) is -0.448. The molecule has 130 valence electrons. The lowest BCUT2D eigenvalue weighted by Crippen LogP contribution is -2.33. The molecule has 2 atom stereocenters. The van der Waals surface area contributed by atoms with Crippen LogP contribution in [0.3, 0.4) is 0 Å². The van der Waals surface area contributed by atoms with E-state index in [1.165, 1.54) is 6.21 Å². The van der Waals surface area contributed by atoms with Crippen molar-refractivity contribution >= 4 is 29.5 Å². The first-order valence-corrected chi connectivity index (χ1v) is 8.44. The van der Waals surface area contributed by atoms with E-state index in [4.69, 9.17) is 16.3 Å². The number of anilines is 1. The number of hydrogen-bond donors (Lipinski definition) is 2. The standard InChI is InChI=1S/C19H19ClN2O3/c1-3-25-19(24)15-10-21-17-11(2)16(20)8-7-14(17)18(15)22-12-5-4-6-13(23)9-12/h4-10,14,17,22-23H,3H2,1-2H3. The largest absolute Gasteiger partial charge is 0.508 e. The number of ether oxygens (including phenoxy) is 1. The highest BCUT2D eigenvalue weighted by molar-refractivity contribution is 6.31. The molecular weight excluding hydrogens is 340 g/mol. The minimum atomic E-state index is -0.431. The van der Waals surface area contributed by atoms with Gasteiger partial charge in [0.2, 0.25) is 0 Å². The van der Waals surface area contributed by atoms with Crippen molar-refractivity contribution in [1.29, 1.82) is 0 Å². The van der Waals surface area contributed by atoms with Crippen LogP contribution in [-0.2, 0) is 9.53 Å². The normalized spacial score (nSPS) is 22.0. The van der Waals surface area contributed by atoms with E-state index in [1.807, 2.05) is 25.1 Å². The zero-order valence-electron chi connectivity index (χ0n) is 14.0. The lowest BCUT2D eigenvalue weighted by Gasteiger charge is -2.32. The molecule has 0 fully saturated rings. The number of rotatable bonds is 4. The van der Waals surface area contributed by atoms with Crippen LogP contribution in [0.1, 0.15) is 13.8 Å². The quantitative estimate of drug-likeness (QED) is 0.804. The Morgan fingerprint density at radius 1 is 1.44 bits per heavy atom. The second-order valence-electron chi connectivity index (χ2n) is 5.86. The van der Waals surface area contributed by atoms with Gasteiger partial charge in [-0.3, -0.25) is 4.99 Å². The molecule has 1 aromatic rings. The number of halogens is 1. The maximum atomic E-state index is 12.4. The van der Waals surface area contributed by atoms with Crippen LogP contribution in [0.5, 0.6) is 5.75 Å². The fourth-order valence-electron chi connectivity index (χ4n) is 2.96. The van der Waals surface area contributed by atoms with Gasteiger partial charge in [0, 0.05) is 34.6 Å². The summed E-state index contributed by atoms with van der Waals surface area (Å²) >= 11 is 6.22. The zero-order chi connectivity index (χ0) is 18.0. The molecule has 3 rings (SSSR count). The molecule has 0 amide bonds. The zero-order valence-corrected chi connectivity index (χ0v) is 14.7. The van der Waals surface area contributed by atoms with Crippen LogP contribution >= 0.6 is 11.6 Å². The highest BCUT2D eigenvalue weighted by atomic mass is 35.5. The Hall–Kier alpha value is -2.53. The summed E-state index contributed by atoms with van der Waals surface area (Å²) in [6.45, 7) is 3.98. The third kappa shape index (κ3) is 3.46. The second-order valence-corrected chi connectivity index (χ2v) is 6.27. The van der Waals surface area contributed by atoms with Gasteiger partial charge in [0.1, 0.15) is 5.75 Å². The van der Waals surface area contributed by atoms with Crippen molar-refractivity contribution in [1.82, 2.24) is 0 Å². The number of carbonyl (C=O) groups excluding carboxylic acids is 1. The Bertz CT molecular complexity index is 824. The summed E-state index contributed by atoms with van der Waals surface area (Å²) in [5.41, 5.74) is 2.69. The summed E-state index contributed by atoms with van der Waals surface area (Å²) in [4.78, 5) is 16.9. The molecule has 2 aliphatic rings. The third-order valence-corrected chi connectivity index (χ3v) is 4.64. The lowest BCUT2D eigenvalue weighted by atomic mass is 9.83. The number of phenolic OH excluding ortho intramolecular Hbond substituents is 1. The third-order valence-electron chi connectivity index (χ3n) is 4.22. The molecular formula is C19H19ClN2O3. The van der Waals surface area contributed by atoms with Crippen molar-refractivity contribution in [2.45, 2.75) is 19.9 Å². The van der Waals surface area contributed by atoms with Gasteiger partial charge in [-0.1, -0.05) is 23.7 Å². The Balaban J connectivity index is 2.03. The number of benzene rings is 1. The van der Waals surface area contributed by atoms with Crippen LogP contribution in [0.4, 0.5) is 5.69 Å². The maximum Gasteiger partial charge on any atom is 0.341 e. The van der Waals surface area contributed by atoms with Crippen molar-refractivity contribution in [2.24, 2.45) is 10.9 Å². The molecule has 5 nitrogen and oxygen atoms in total. The predicted octanol–water partition coefficient (Wildman–Crippen LogP) is 3.77. The summed E-state index contributed by atoms with van der Waals surface area (Å²) in [6, 6.07) is 6.56. The van der Waals surface area contributed by atoms with Gasteiger partial charge >= 0.3 is 5.97 Å². The minimum Gasteiger partial charge on any atom is -0.508 e. The van der Waals surface area contributed by atoms with Gasteiger partial charge in [0.25, 0.3) is 0 Å². The highest BCUT2D eigenvalue weighted by Crippen LogP contribution is 2.37. The monoisotopic (exact) mass is 358 g/mol. The van der Waals surface area contributed by atoms with Crippen molar-refractivity contribution < 1.29 is 14.6 Å². The average Bonchev–Trinajstić information content (AvgIpc) is 2.58. The van der Waals surface area contributed by atoms with E-state index in [-0.39, 0.29) is 24.3 Å². The molecule has 25 heavy (non-hydrogen) atoms. The van der Waals surface area contributed by atoms with Crippen LogP contribution in [-0.4, -0.2) is 29.9 Å². The van der Waals surface area contributed by atoms with Crippen LogP contribution in [0.15, 0.2) is 63.3 Å². The number of hydrogen-bond acceptors (Lipinski definition) is 5. The Morgan fingerprint density at radius 2 is 2.24 bits per heavy atom. The van der Waals surface area contributed by atoms with E-state index in [0.717, 1.165) is 5.57 Å². The average molecular weight is 359 g/mol. The van der Waals surface area contributed by atoms with Gasteiger partial charge in [-0.2, -0.15) is 0 Å². The number of aromatic hydroxyl groups is 1. The minimum absolute atomic E-state index is 0.141. The molecule has 0 radical (unpaired) electrons. The van der Waals surface area contributed by atoms with Gasteiger partial charge in [0.05, 0.1) is 18.2 Å². The number of esters is 1. The number of nitrogens with zero attached hydrogens (tertiary/aromatic N) is 1. The molecule has 2 unspecified atom stereocenters. The first-order chi connectivity index (χ1) is 12.0. The lowest BCUT2D eigenvalue weighted by molar-refractivity contribution is -0.137. The highest BCUT2D eigenvalue weighted by Gasteiger charge is 2.34.